The second-order valence-corrected chi connectivity index (χ2v) is 17.1. The van der Waals surface area contributed by atoms with E-state index in [-0.39, 0.29) is 0 Å². The zero-order valence-corrected chi connectivity index (χ0v) is 43.4. The molecule has 71 heavy (non-hydrogen) atoms. The molecule has 0 atom stereocenters. The molecule has 0 aliphatic heterocycles. The highest BCUT2D eigenvalue weighted by Gasteiger charge is 2.18. The van der Waals surface area contributed by atoms with E-state index in [1.807, 2.05) is 82.3 Å². The van der Waals surface area contributed by atoms with Gasteiger partial charge in [0.25, 0.3) is 0 Å². The van der Waals surface area contributed by atoms with E-state index in [1.165, 1.54) is 39.0 Å². The minimum atomic E-state index is 0.628. The van der Waals surface area contributed by atoms with Gasteiger partial charge in [0.2, 0.25) is 0 Å². The van der Waals surface area contributed by atoms with Crippen molar-refractivity contribution in [2.45, 2.75) is 27.7 Å². The lowest BCUT2D eigenvalue weighted by molar-refractivity contribution is 1.16. The molecule has 8 heteroatoms. The van der Waals surface area contributed by atoms with Gasteiger partial charge < -0.3 is 9.13 Å². The summed E-state index contributed by atoms with van der Waals surface area (Å²) in [6.07, 6.45) is 6.61. The first kappa shape index (κ1) is 51.7. The summed E-state index contributed by atoms with van der Waals surface area (Å²) >= 11 is 22.6. The van der Waals surface area contributed by atoms with Gasteiger partial charge in [-0.15, -0.1) is 18.2 Å². The molecule has 0 saturated heterocycles. The number of allylic oxidation sites excluding steroid dienone is 4. The monoisotopic (exact) mass is 1010 g/mol. The molecule has 4 nitrogen and oxygen atoms in total. The molecule has 0 saturated carbocycles. The number of aromatic nitrogens is 4. The Kier molecular flexibility index (Phi) is 17.9. The Hall–Kier alpha value is -7.18. The molecule has 8 aromatic carbocycles. The molecular weight excluding hydrogens is 955 g/mol. The molecule has 0 aliphatic carbocycles. The Balaban J connectivity index is 0.000000516. The lowest BCUT2D eigenvalue weighted by atomic mass is 10.0. The summed E-state index contributed by atoms with van der Waals surface area (Å²) in [5, 5.41) is 6.90. The van der Waals surface area contributed by atoms with Crippen molar-refractivity contribution in [2.75, 3.05) is 6.38 Å². The van der Waals surface area contributed by atoms with Gasteiger partial charge in [-0.05, 0) is 110 Å². The fraction of sp³-hybridized carbons (Fsp3) is 0.0794. The van der Waals surface area contributed by atoms with E-state index in [1.54, 1.807) is 18.2 Å². The van der Waals surface area contributed by atoms with Gasteiger partial charge >= 0.3 is 0 Å². The summed E-state index contributed by atoms with van der Waals surface area (Å²) in [7, 11) is 0. The maximum atomic E-state index is 6.28. The van der Waals surface area contributed by atoms with Crippen LogP contribution in [0.1, 0.15) is 27.7 Å². The normalized spacial score (nSPS) is 10.8. The molecule has 3 aromatic heterocycles. The predicted octanol–water partition coefficient (Wildman–Crippen LogP) is 20.0. The Labute approximate surface area is 437 Å². The second kappa shape index (κ2) is 24.6. The van der Waals surface area contributed by atoms with Crippen LogP contribution in [0, 0.1) is 0 Å². The fourth-order valence-electron chi connectivity index (χ4n) is 8.45. The smallest absolute Gasteiger partial charge is 0.160 e. The van der Waals surface area contributed by atoms with Gasteiger partial charge in [0.1, 0.15) is 0 Å². The molecule has 0 radical (unpaired) electrons. The van der Waals surface area contributed by atoms with Crippen LogP contribution in [0.3, 0.4) is 0 Å². The predicted molar refractivity (Wildman–Crippen MR) is 311 cm³/mol. The zero-order valence-electron chi connectivity index (χ0n) is 40.4. The van der Waals surface area contributed by atoms with Crippen LogP contribution >= 0.6 is 46.4 Å². The first-order chi connectivity index (χ1) is 34.8. The maximum absolute atomic E-state index is 6.28. The first-order valence-corrected chi connectivity index (χ1v) is 25.2. The molecule has 0 N–H and O–H groups in total. The van der Waals surface area contributed by atoms with E-state index in [9.17, 15) is 0 Å². The Morgan fingerprint density at radius 3 is 1.44 bits per heavy atom. The molecule has 0 aliphatic rings. The number of hydrogen-bond donors (Lipinski definition) is 0. The van der Waals surface area contributed by atoms with Gasteiger partial charge in [0, 0.05) is 71.1 Å². The highest BCUT2D eigenvalue weighted by atomic mass is 35.5. The summed E-state index contributed by atoms with van der Waals surface area (Å²) in [6.45, 7) is 14.5. The van der Waals surface area contributed by atoms with Crippen LogP contribution in [0.2, 0.25) is 10.0 Å². The number of rotatable bonds is 7. The molecule has 354 valence electrons. The molecule has 11 aromatic rings. The fourth-order valence-corrected chi connectivity index (χ4v) is 8.70. The van der Waals surface area contributed by atoms with Crippen LogP contribution in [-0.4, -0.2) is 25.5 Å². The highest BCUT2D eigenvalue weighted by molar-refractivity contribution is 6.31. The van der Waals surface area contributed by atoms with Gasteiger partial charge in [-0.3, -0.25) is 0 Å². The van der Waals surface area contributed by atoms with E-state index < -0.39 is 0 Å². The van der Waals surface area contributed by atoms with Crippen molar-refractivity contribution >= 4 is 90.0 Å². The Bertz CT molecular complexity index is 3540. The molecule has 0 fully saturated rings. The van der Waals surface area contributed by atoms with E-state index in [4.69, 9.17) is 44.8 Å². The summed E-state index contributed by atoms with van der Waals surface area (Å²) in [5.74, 6) is 0.628. The number of benzene rings is 8. The summed E-state index contributed by atoms with van der Waals surface area (Å²) in [4.78, 5) is 10.2. The third kappa shape index (κ3) is 11.4. The minimum absolute atomic E-state index is 0.628. The summed E-state index contributed by atoms with van der Waals surface area (Å²) < 4.78 is 4.72. The average Bonchev–Trinajstić information content (AvgIpc) is 3.95. The van der Waals surface area contributed by atoms with Crippen LogP contribution in [0.4, 0.5) is 0 Å². The third-order valence-corrected chi connectivity index (χ3v) is 12.4. The number of hydrogen-bond acceptors (Lipinski definition) is 2. The SMILES string of the molecule is C=C/C(Cl)=C\C.C=CC.CC.CCl.Clc1ccc(-c2cc(-c3ccc(Cl)cc3)nc(-c3cccc(-n4c5ccccc5c5ccc(-c6ccc7c(c6)c6ccccc6n7-c6ccccc6)cc54)c3)n2)cc1. The van der Waals surface area contributed by atoms with Crippen LogP contribution in [-0.2, 0) is 0 Å². The topological polar surface area (TPSA) is 35.6 Å². The number of fused-ring (bicyclic) bond motifs is 6. The highest BCUT2D eigenvalue weighted by Crippen LogP contribution is 2.39. The van der Waals surface area contributed by atoms with Crippen molar-refractivity contribution in [1.82, 2.24) is 19.1 Å². The van der Waals surface area contributed by atoms with Crippen molar-refractivity contribution in [3.05, 3.63) is 241 Å². The lowest BCUT2D eigenvalue weighted by Gasteiger charge is -2.13. The molecule has 0 spiro atoms. The Morgan fingerprint density at radius 1 is 0.437 bits per heavy atom. The van der Waals surface area contributed by atoms with Gasteiger partial charge in [0.15, 0.2) is 5.82 Å². The van der Waals surface area contributed by atoms with E-state index in [0.29, 0.717) is 20.9 Å². The molecule has 0 unspecified atom stereocenters. The quantitative estimate of drug-likeness (QED) is 0.0906. The number of para-hydroxylation sites is 3. The lowest BCUT2D eigenvalue weighted by Crippen LogP contribution is -1.98. The molecule has 11 rings (SSSR count). The van der Waals surface area contributed by atoms with Gasteiger partial charge in [-0.25, -0.2) is 9.97 Å². The van der Waals surface area contributed by atoms with E-state index >= 15 is 0 Å². The van der Waals surface area contributed by atoms with Gasteiger partial charge in [-0.1, -0.05) is 183 Å². The van der Waals surface area contributed by atoms with Crippen molar-refractivity contribution in [2.24, 2.45) is 0 Å². The van der Waals surface area contributed by atoms with Crippen LogP contribution in [0.5, 0.6) is 0 Å². The standard InChI is InChI=1S/C52H32Cl2N4.C5H7Cl.C3H6.C2H6.CH3Cl/c53-38-23-17-33(18-24-38)46-32-47(34-19-25-39(54)26-20-34)56-52(55-46)37-9-8-12-41(29-37)58-48-15-6-4-13-42(48)44-27-21-36(31-51(44)58)35-22-28-50-45(30-35)43-14-5-7-16-49(43)57(50)40-10-2-1-3-11-40;1-3-5(6)4-2;1-3-2;2*1-2/h1-32H;3-4H,1H2,2H3;3H,1H2,2H3;1-2H3;1H3/b;5-4+;;;. The second-order valence-electron chi connectivity index (χ2n) is 15.8. The van der Waals surface area contributed by atoms with Crippen molar-refractivity contribution in [3.8, 4) is 56.4 Å². The summed E-state index contributed by atoms with van der Waals surface area (Å²) in [5.41, 5.74) is 13.6. The van der Waals surface area contributed by atoms with Crippen LogP contribution in [0.15, 0.2) is 231 Å². The largest absolute Gasteiger partial charge is 0.309 e. The molecular formula is C63H54Cl4N4. The first-order valence-electron chi connectivity index (χ1n) is 23.3. The average molecular weight is 1010 g/mol. The van der Waals surface area contributed by atoms with Crippen molar-refractivity contribution in [3.63, 3.8) is 0 Å². The van der Waals surface area contributed by atoms with E-state index in [0.717, 1.165) is 61.6 Å². The van der Waals surface area contributed by atoms with Crippen molar-refractivity contribution in [1.29, 1.82) is 0 Å². The minimum Gasteiger partial charge on any atom is -0.309 e. The zero-order chi connectivity index (χ0) is 50.4. The van der Waals surface area contributed by atoms with Gasteiger partial charge in [-0.2, -0.15) is 0 Å². The third-order valence-electron chi connectivity index (χ3n) is 11.5. The molecule has 3 heterocycles. The van der Waals surface area contributed by atoms with Gasteiger partial charge in [0.05, 0.1) is 33.5 Å². The van der Waals surface area contributed by atoms with E-state index in [2.05, 4.69) is 173 Å². The van der Waals surface area contributed by atoms with Crippen molar-refractivity contribution < 1.29 is 0 Å². The number of halogens is 4. The number of nitrogens with zero attached hydrogens (tertiary/aromatic N) is 4. The maximum Gasteiger partial charge on any atom is 0.160 e. The number of alkyl halides is 1. The Morgan fingerprint density at radius 2 is 0.887 bits per heavy atom. The van der Waals surface area contributed by atoms with Crippen LogP contribution in [0.25, 0.3) is 100 Å². The van der Waals surface area contributed by atoms with Crippen LogP contribution < -0.4 is 0 Å². The molecule has 0 bridgehead atoms. The summed E-state index contributed by atoms with van der Waals surface area (Å²) in [6, 6.07) is 67.6. The molecule has 0 amide bonds.